The summed E-state index contributed by atoms with van der Waals surface area (Å²) in [6, 6.07) is 0. The van der Waals surface area contributed by atoms with Crippen molar-refractivity contribution in [1.29, 1.82) is 0 Å². The highest BCUT2D eigenvalue weighted by Crippen LogP contribution is 2.24. The van der Waals surface area contributed by atoms with E-state index in [-0.39, 0.29) is 25.1 Å². The first-order chi connectivity index (χ1) is 22.9. The van der Waals surface area contributed by atoms with Crippen LogP contribution < -0.4 is 0 Å². The van der Waals surface area contributed by atoms with Crippen molar-refractivity contribution < 1.29 is 57.7 Å². The lowest BCUT2D eigenvalue weighted by Crippen LogP contribution is -2.26. The maximum Gasteiger partial charge on any atom is 0.308 e. The van der Waals surface area contributed by atoms with Gasteiger partial charge < -0.3 is 48.1 Å². The Labute approximate surface area is 284 Å². The molecule has 0 bridgehead atoms. The van der Waals surface area contributed by atoms with Crippen LogP contribution >= 0.6 is 0 Å². The molecule has 0 aliphatic rings. The second-order valence-corrected chi connectivity index (χ2v) is 12.0. The third-order valence-corrected chi connectivity index (χ3v) is 7.09. The lowest BCUT2D eigenvalue weighted by Gasteiger charge is -2.21. The molecule has 0 aliphatic heterocycles. The number of carbonyl (C=O) groups excluding carboxylic acids is 1. The maximum absolute atomic E-state index is 12.5. The van der Waals surface area contributed by atoms with Gasteiger partial charge in [-0.25, -0.2) is 0 Å². The molecule has 0 saturated heterocycles. The maximum atomic E-state index is 12.5. The third-order valence-electron chi connectivity index (χ3n) is 7.09. The Morgan fingerprint density at radius 2 is 0.809 bits per heavy atom. The van der Waals surface area contributed by atoms with Gasteiger partial charge in [0, 0.05) is 106 Å². The van der Waals surface area contributed by atoms with Gasteiger partial charge in [0.25, 0.3) is 0 Å². The zero-order valence-electron chi connectivity index (χ0n) is 29.8. The molecule has 2 unspecified atom stereocenters. The second kappa shape index (κ2) is 35.9. The van der Waals surface area contributed by atoms with Crippen LogP contribution in [0.25, 0.3) is 0 Å². The van der Waals surface area contributed by atoms with E-state index in [1.807, 2.05) is 20.8 Å². The molecule has 0 spiro atoms. The summed E-state index contributed by atoms with van der Waals surface area (Å²) in [5.74, 6) is -1.78. The molecule has 2 N–H and O–H groups in total. The number of aliphatic hydroxyl groups is 1. The van der Waals surface area contributed by atoms with Crippen molar-refractivity contribution >= 4 is 11.9 Å². The van der Waals surface area contributed by atoms with Crippen LogP contribution in [0.1, 0.15) is 91.4 Å². The van der Waals surface area contributed by atoms with Crippen LogP contribution in [-0.2, 0) is 47.5 Å². The van der Waals surface area contributed by atoms with Crippen molar-refractivity contribution in [3.63, 3.8) is 0 Å². The molecule has 0 amide bonds. The zero-order valence-corrected chi connectivity index (χ0v) is 29.8. The van der Waals surface area contributed by atoms with E-state index in [9.17, 15) is 14.7 Å². The molecule has 12 nitrogen and oxygen atoms in total. The topological polar surface area (TPSA) is 148 Å². The lowest BCUT2D eigenvalue weighted by molar-refractivity contribution is -0.151. The van der Waals surface area contributed by atoms with E-state index in [0.717, 1.165) is 38.5 Å². The number of aliphatic carboxylic acids is 1. The van der Waals surface area contributed by atoms with E-state index >= 15 is 0 Å². The molecule has 47 heavy (non-hydrogen) atoms. The summed E-state index contributed by atoms with van der Waals surface area (Å²) >= 11 is 0. The summed E-state index contributed by atoms with van der Waals surface area (Å²) in [4.78, 5) is 23.9. The highest BCUT2D eigenvalue weighted by atomic mass is 16.5. The average Bonchev–Trinajstić information content (AvgIpc) is 3.05. The van der Waals surface area contributed by atoms with Gasteiger partial charge in [0.15, 0.2) is 0 Å². The molecule has 0 aromatic carbocycles. The number of ether oxygens (including phenoxy) is 8. The van der Waals surface area contributed by atoms with Crippen LogP contribution in [0.2, 0.25) is 0 Å². The number of esters is 1. The highest BCUT2D eigenvalue weighted by Gasteiger charge is 2.27. The van der Waals surface area contributed by atoms with E-state index in [0.29, 0.717) is 131 Å². The van der Waals surface area contributed by atoms with Crippen molar-refractivity contribution in [3.05, 3.63) is 0 Å². The Morgan fingerprint density at radius 1 is 0.489 bits per heavy atom. The molecule has 280 valence electrons. The van der Waals surface area contributed by atoms with Crippen LogP contribution in [-0.4, -0.2) is 128 Å². The largest absolute Gasteiger partial charge is 0.481 e. The fourth-order valence-corrected chi connectivity index (χ4v) is 4.55. The second-order valence-electron chi connectivity index (χ2n) is 12.0. The monoisotopic (exact) mass is 680 g/mol. The number of carboxylic acid groups (broad SMARTS) is 1. The number of carboxylic acids is 1. The number of hydrogen-bond donors (Lipinski definition) is 2. The molecule has 0 aromatic rings. The zero-order chi connectivity index (χ0) is 34.6. The van der Waals surface area contributed by atoms with Crippen molar-refractivity contribution in [1.82, 2.24) is 0 Å². The molecular weight excluding hydrogens is 612 g/mol. The van der Waals surface area contributed by atoms with Crippen molar-refractivity contribution in [2.24, 2.45) is 17.8 Å². The fourth-order valence-electron chi connectivity index (χ4n) is 4.55. The van der Waals surface area contributed by atoms with Crippen LogP contribution in [0.3, 0.4) is 0 Å². The summed E-state index contributed by atoms with van der Waals surface area (Å²) in [7, 11) is 0. The Morgan fingerprint density at radius 3 is 1.09 bits per heavy atom. The molecule has 0 rings (SSSR count). The molecule has 0 heterocycles. The molecule has 0 saturated carbocycles. The number of carbonyl (C=O) groups is 2. The minimum atomic E-state index is -0.856. The van der Waals surface area contributed by atoms with Gasteiger partial charge in [-0.15, -0.1) is 0 Å². The minimum absolute atomic E-state index is 0.171. The Hall–Kier alpha value is -1.38. The normalized spacial score (nSPS) is 12.9. The first-order valence-corrected chi connectivity index (χ1v) is 18.0. The minimum Gasteiger partial charge on any atom is -0.481 e. The summed E-state index contributed by atoms with van der Waals surface area (Å²) in [5, 5.41) is 18.0. The highest BCUT2D eigenvalue weighted by molar-refractivity contribution is 5.75. The van der Waals surface area contributed by atoms with Crippen molar-refractivity contribution in [3.8, 4) is 0 Å². The smallest absolute Gasteiger partial charge is 0.308 e. The van der Waals surface area contributed by atoms with Gasteiger partial charge in [0.2, 0.25) is 0 Å². The molecule has 12 heteroatoms. The summed E-state index contributed by atoms with van der Waals surface area (Å²) in [6.07, 6.45) is 7.88. The van der Waals surface area contributed by atoms with E-state index < -0.39 is 11.9 Å². The lowest BCUT2D eigenvalue weighted by atomic mass is 9.87. The van der Waals surface area contributed by atoms with E-state index in [1.165, 1.54) is 0 Å². The first-order valence-electron chi connectivity index (χ1n) is 18.0. The van der Waals surface area contributed by atoms with Crippen LogP contribution in [0.4, 0.5) is 0 Å². The van der Waals surface area contributed by atoms with Gasteiger partial charge in [-0.05, 0) is 70.1 Å². The van der Waals surface area contributed by atoms with Crippen LogP contribution in [0.15, 0.2) is 0 Å². The van der Waals surface area contributed by atoms with E-state index in [2.05, 4.69) is 0 Å². The Bertz CT molecular complexity index is 679. The summed E-state index contributed by atoms with van der Waals surface area (Å²) in [5.41, 5.74) is 0. The van der Waals surface area contributed by atoms with Crippen LogP contribution in [0.5, 0.6) is 0 Å². The molecular formula is C35H68O12. The quantitative estimate of drug-likeness (QED) is 0.0674. The fraction of sp³-hybridized carbons (Fsp3) is 0.943. The average molecular weight is 681 g/mol. The predicted octanol–water partition coefficient (Wildman–Crippen LogP) is 4.92. The predicted molar refractivity (Wildman–Crippen MR) is 180 cm³/mol. The van der Waals surface area contributed by atoms with E-state index in [4.69, 9.17) is 43.0 Å². The van der Waals surface area contributed by atoms with Crippen molar-refractivity contribution in [2.45, 2.75) is 91.4 Å². The summed E-state index contributed by atoms with van der Waals surface area (Å²) in [6.45, 7) is 15.4. The standard InChI is InChI=1S/C35H68O12/c1-4-32(34(37)38)30-33(29-31(2)3)35(39)47-28-12-27-46-26-11-25-45-24-10-23-44-22-9-21-43-20-8-19-42-18-7-17-41-16-6-15-40-14-5-13-36/h31-33,36H,4-30H2,1-3H3,(H,37,38). The van der Waals surface area contributed by atoms with E-state index in [1.54, 1.807) is 0 Å². The molecule has 0 aromatic heterocycles. The first kappa shape index (κ1) is 45.6. The molecule has 0 aliphatic carbocycles. The summed E-state index contributed by atoms with van der Waals surface area (Å²) < 4.78 is 44.4. The van der Waals surface area contributed by atoms with Gasteiger partial charge in [-0.1, -0.05) is 20.8 Å². The molecule has 2 atom stereocenters. The third kappa shape index (κ3) is 32.9. The van der Waals surface area contributed by atoms with Gasteiger partial charge in [0.05, 0.1) is 18.4 Å². The number of aliphatic hydroxyl groups excluding tert-OH is 1. The number of rotatable bonds is 38. The SMILES string of the molecule is CCC(CC(CC(C)C)C(=O)OCCCOCCCOCCCOCCCOCCCOCCCOCCCOCCCO)C(=O)O. The van der Waals surface area contributed by atoms with Crippen LogP contribution in [0, 0.1) is 17.8 Å². The Balaban J connectivity index is 3.36. The Kier molecular flexibility index (Phi) is 34.9. The number of hydrogen-bond acceptors (Lipinski definition) is 11. The molecule has 0 radical (unpaired) electrons. The van der Waals surface area contributed by atoms with Gasteiger partial charge in [0.1, 0.15) is 0 Å². The van der Waals surface area contributed by atoms with Crippen molar-refractivity contribution in [2.75, 3.05) is 106 Å². The van der Waals surface area contributed by atoms with Gasteiger partial charge in [-0.2, -0.15) is 0 Å². The van der Waals surface area contributed by atoms with Gasteiger partial charge >= 0.3 is 11.9 Å². The van der Waals surface area contributed by atoms with Gasteiger partial charge in [-0.3, -0.25) is 9.59 Å². The molecule has 0 fully saturated rings.